The van der Waals surface area contributed by atoms with Crippen molar-refractivity contribution in [2.75, 3.05) is 32.8 Å². The Morgan fingerprint density at radius 3 is 2.46 bits per heavy atom. The first-order valence-corrected chi connectivity index (χ1v) is 9.06. The van der Waals surface area contributed by atoms with Crippen LogP contribution in [0.5, 0.6) is 17.2 Å². The van der Waals surface area contributed by atoms with Crippen molar-refractivity contribution in [1.82, 2.24) is 5.43 Å². The van der Waals surface area contributed by atoms with Crippen molar-refractivity contribution in [3.05, 3.63) is 17.7 Å². The van der Waals surface area contributed by atoms with Crippen LogP contribution in [-0.2, 0) is 14.6 Å². The van der Waals surface area contributed by atoms with Crippen LogP contribution >= 0.6 is 0 Å². The van der Waals surface area contributed by atoms with Crippen molar-refractivity contribution in [2.45, 2.75) is 6.42 Å². The maximum Gasteiger partial charge on any atom is 0.244 e. The highest BCUT2D eigenvalue weighted by atomic mass is 32.2. The predicted octanol–water partition coefficient (Wildman–Crippen LogP) is 0.597. The largest absolute Gasteiger partial charge is 0.493 e. The highest BCUT2D eigenvalue weighted by molar-refractivity contribution is 7.91. The van der Waals surface area contributed by atoms with Crippen LogP contribution in [0.1, 0.15) is 12.0 Å². The molecule has 0 spiro atoms. The maximum atomic E-state index is 11.9. The summed E-state index contributed by atoms with van der Waals surface area (Å²) in [5.41, 5.74) is 2.94. The van der Waals surface area contributed by atoms with Crippen molar-refractivity contribution in [2.24, 2.45) is 11.0 Å². The third kappa shape index (κ3) is 3.97. The van der Waals surface area contributed by atoms with Crippen molar-refractivity contribution in [3.63, 3.8) is 0 Å². The zero-order valence-corrected chi connectivity index (χ0v) is 14.6. The number of methoxy groups -OCH3 is 3. The lowest BCUT2D eigenvalue weighted by molar-refractivity contribution is -0.124. The van der Waals surface area contributed by atoms with E-state index in [0.717, 1.165) is 0 Å². The average molecular weight is 356 g/mol. The van der Waals surface area contributed by atoms with Crippen molar-refractivity contribution in [3.8, 4) is 17.2 Å². The molecule has 8 nitrogen and oxygen atoms in total. The summed E-state index contributed by atoms with van der Waals surface area (Å²) in [6.07, 6.45) is 1.73. The smallest absolute Gasteiger partial charge is 0.244 e. The van der Waals surface area contributed by atoms with E-state index >= 15 is 0 Å². The van der Waals surface area contributed by atoms with Gasteiger partial charge in [-0.25, -0.2) is 13.8 Å². The molecule has 1 aliphatic rings. The van der Waals surface area contributed by atoms with Gasteiger partial charge >= 0.3 is 0 Å². The zero-order chi connectivity index (χ0) is 17.7. The van der Waals surface area contributed by atoms with Gasteiger partial charge < -0.3 is 14.2 Å². The summed E-state index contributed by atoms with van der Waals surface area (Å²) in [5.74, 6) is 0.278. The molecule has 1 amide bonds. The van der Waals surface area contributed by atoms with E-state index in [2.05, 4.69) is 10.5 Å². The average Bonchev–Trinajstić information content (AvgIpc) is 2.93. The standard InChI is InChI=1S/C15H20N2O6S/c1-21-12-5-4-10(13(22-2)14(12)23-3)8-16-17-15(18)11-6-7-24(19,20)9-11/h4-5,8,11H,6-7,9H2,1-3H3,(H,17,18)/b16-8-/t11-/m0/s1. The molecule has 1 heterocycles. The Labute approximate surface area is 140 Å². The molecule has 2 rings (SSSR count). The SMILES string of the molecule is COc1ccc(/C=N\NC(=O)[C@H]2CCS(=O)(=O)C2)c(OC)c1OC. The predicted molar refractivity (Wildman–Crippen MR) is 88.6 cm³/mol. The van der Waals surface area contributed by atoms with Crippen LogP contribution < -0.4 is 19.6 Å². The number of amides is 1. The van der Waals surface area contributed by atoms with Crippen molar-refractivity contribution < 1.29 is 27.4 Å². The van der Waals surface area contributed by atoms with E-state index in [0.29, 0.717) is 29.2 Å². The van der Waals surface area contributed by atoms with E-state index in [-0.39, 0.29) is 11.5 Å². The van der Waals surface area contributed by atoms with E-state index in [1.54, 1.807) is 12.1 Å². The number of nitrogens with one attached hydrogen (secondary N) is 1. The second kappa shape index (κ2) is 7.52. The first kappa shape index (κ1) is 18.1. The molecular weight excluding hydrogens is 336 g/mol. The molecule has 0 radical (unpaired) electrons. The van der Waals surface area contributed by atoms with E-state index in [4.69, 9.17) is 14.2 Å². The fourth-order valence-electron chi connectivity index (χ4n) is 2.48. The Balaban J connectivity index is 2.10. The number of hydrogen-bond donors (Lipinski definition) is 1. The molecule has 1 atom stereocenters. The highest BCUT2D eigenvalue weighted by Crippen LogP contribution is 2.38. The Morgan fingerprint density at radius 1 is 1.21 bits per heavy atom. The monoisotopic (exact) mass is 356 g/mol. The molecule has 132 valence electrons. The zero-order valence-electron chi connectivity index (χ0n) is 13.7. The van der Waals surface area contributed by atoms with Crippen molar-refractivity contribution in [1.29, 1.82) is 0 Å². The van der Waals surface area contributed by atoms with Crippen LogP contribution in [0.15, 0.2) is 17.2 Å². The molecule has 0 saturated carbocycles. The van der Waals surface area contributed by atoms with E-state index in [1.165, 1.54) is 27.5 Å². The Morgan fingerprint density at radius 2 is 1.92 bits per heavy atom. The fourth-order valence-corrected chi connectivity index (χ4v) is 4.23. The van der Waals surface area contributed by atoms with Gasteiger partial charge in [-0.1, -0.05) is 0 Å². The van der Waals surface area contributed by atoms with Crippen LogP contribution in [0.25, 0.3) is 0 Å². The topological polar surface area (TPSA) is 103 Å². The van der Waals surface area contributed by atoms with Gasteiger partial charge in [0.1, 0.15) is 0 Å². The van der Waals surface area contributed by atoms with Crippen LogP contribution in [0, 0.1) is 5.92 Å². The molecule has 0 aliphatic carbocycles. The van der Waals surface area contributed by atoms with Gasteiger partial charge in [-0.2, -0.15) is 5.10 Å². The number of carbonyl (C=O) groups excluding carboxylic acids is 1. The molecule has 0 unspecified atom stereocenters. The summed E-state index contributed by atoms with van der Waals surface area (Å²) in [6.45, 7) is 0. The van der Waals surface area contributed by atoms with Crippen LogP contribution in [0.4, 0.5) is 0 Å². The highest BCUT2D eigenvalue weighted by Gasteiger charge is 2.32. The summed E-state index contributed by atoms with van der Waals surface area (Å²) >= 11 is 0. The second-order valence-electron chi connectivity index (χ2n) is 5.26. The minimum absolute atomic E-state index is 0.0400. The van der Waals surface area contributed by atoms with E-state index in [9.17, 15) is 13.2 Å². The number of rotatable bonds is 6. The molecule has 1 aromatic rings. The van der Waals surface area contributed by atoms with Crippen LogP contribution in [0.3, 0.4) is 0 Å². The molecule has 1 aliphatic heterocycles. The third-order valence-electron chi connectivity index (χ3n) is 3.72. The summed E-state index contributed by atoms with van der Waals surface area (Å²) in [7, 11) is 1.38. The summed E-state index contributed by atoms with van der Waals surface area (Å²) in [4.78, 5) is 11.9. The Hall–Kier alpha value is -2.29. The molecule has 1 fully saturated rings. The first-order chi connectivity index (χ1) is 11.4. The number of nitrogens with zero attached hydrogens (tertiary/aromatic N) is 1. The van der Waals surface area contributed by atoms with Gasteiger partial charge in [0.25, 0.3) is 0 Å². The lowest BCUT2D eigenvalue weighted by Crippen LogP contribution is -2.27. The van der Waals surface area contributed by atoms with Crippen molar-refractivity contribution >= 4 is 22.0 Å². The van der Waals surface area contributed by atoms with Gasteiger partial charge in [0.2, 0.25) is 11.7 Å². The fraction of sp³-hybridized carbons (Fsp3) is 0.467. The number of hydrazone groups is 1. The lowest BCUT2D eigenvalue weighted by Gasteiger charge is -2.13. The van der Waals surface area contributed by atoms with Gasteiger partial charge in [0, 0.05) is 5.56 Å². The second-order valence-corrected chi connectivity index (χ2v) is 7.49. The molecule has 9 heteroatoms. The van der Waals surface area contributed by atoms with E-state index < -0.39 is 21.7 Å². The third-order valence-corrected chi connectivity index (χ3v) is 5.48. The Kier molecular flexibility index (Phi) is 5.66. The minimum atomic E-state index is -3.11. The normalized spacial score (nSPS) is 19.2. The summed E-state index contributed by atoms with van der Waals surface area (Å²) in [5, 5.41) is 3.88. The minimum Gasteiger partial charge on any atom is -0.493 e. The van der Waals surface area contributed by atoms with Crippen LogP contribution in [0.2, 0.25) is 0 Å². The molecule has 24 heavy (non-hydrogen) atoms. The number of carbonyl (C=O) groups is 1. The number of sulfone groups is 1. The summed E-state index contributed by atoms with van der Waals surface area (Å²) < 4.78 is 38.5. The molecule has 1 saturated heterocycles. The number of hydrogen-bond acceptors (Lipinski definition) is 7. The molecule has 1 aromatic carbocycles. The van der Waals surface area contributed by atoms with Gasteiger partial charge in [-0.3, -0.25) is 4.79 Å². The number of benzene rings is 1. The summed E-state index contributed by atoms with van der Waals surface area (Å²) in [6, 6.07) is 3.39. The van der Waals surface area contributed by atoms with Gasteiger partial charge in [-0.15, -0.1) is 0 Å². The first-order valence-electron chi connectivity index (χ1n) is 7.24. The van der Waals surface area contributed by atoms with Crippen LogP contribution in [-0.4, -0.2) is 53.4 Å². The quantitative estimate of drug-likeness (QED) is 0.591. The number of ether oxygens (including phenoxy) is 3. The van der Waals surface area contributed by atoms with Gasteiger partial charge in [-0.05, 0) is 18.6 Å². The molecule has 0 bridgehead atoms. The Bertz CT molecular complexity index is 745. The van der Waals surface area contributed by atoms with Gasteiger partial charge in [0.15, 0.2) is 21.3 Å². The molecule has 0 aromatic heterocycles. The molecule has 1 N–H and O–H groups in total. The lowest BCUT2D eigenvalue weighted by atomic mass is 10.1. The van der Waals surface area contributed by atoms with E-state index in [1.807, 2.05) is 0 Å². The molecular formula is C15H20N2O6S. The van der Waals surface area contributed by atoms with Gasteiger partial charge in [0.05, 0.1) is 45.0 Å². The maximum absolute atomic E-state index is 11.9.